The van der Waals surface area contributed by atoms with E-state index < -0.39 is 0 Å². The minimum atomic E-state index is 0.716. The largest absolute Gasteiger partial charge is 0.311 e. The molecule has 110 valence electrons. The summed E-state index contributed by atoms with van der Waals surface area (Å²) in [5.41, 5.74) is 0. The Morgan fingerprint density at radius 3 is 2.16 bits per heavy atom. The molecule has 1 N–H and O–H groups in total. The molecule has 3 rings (SSSR count). The average Bonchev–Trinajstić information content (AvgIpc) is 2.72. The lowest BCUT2D eigenvalue weighted by molar-refractivity contribution is 0.0550. The first-order valence-corrected chi connectivity index (χ1v) is 8.32. The number of piperidine rings is 1. The molecule has 3 saturated heterocycles. The van der Waals surface area contributed by atoms with Crippen molar-refractivity contribution in [1.82, 2.24) is 15.1 Å². The number of fused-ring (bicyclic) bond motifs is 2. The molecule has 0 aromatic carbocycles. The van der Waals surface area contributed by atoms with Gasteiger partial charge in [-0.1, -0.05) is 0 Å². The van der Waals surface area contributed by atoms with Crippen molar-refractivity contribution in [2.24, 2.45) is 5.92 Å². The smallest absolute Gasteiger partial charge is 0.0195 e. The Balaban J connectivity index is 1.45. The molecule has 3 nitrogen and oxygen atoms in total. The van der Waals surface area contributed by atoms with Crippen LogP contribution in [0.4, 0.5) is 0 Å². The van der Waals surface area contributed by atoms with Crippen LogP contribution in [0.15, 0.2) is 0 Å². The zero-order valence-corrected chi connectivity index (χ0v) is 12.9. The van der Waals surface area contributed by atoms with Crippen LogP contribution in [-0.4, -0.2) is 60.6 Å². The zero-order chi connectivity index (χ0) is 13.4. The van der Waals surface area contributed by atoms with Crippen molar-refractivity contribution in [3.05, 3.63) is 0 Å². The van der Waals surface area contributed by atoms with Gasteiger partial charge in [0.25, 0.3) is 0 Å². The summed E-state index contributed by atoms with van der Waals surface area (Å²) in [5, 5.41) is 3.76. The van der Waals surface area contributed by atoms with E-state index in [0.29, 0.717) is 12.1 Å². The summed E-state index contributed by atoms with van der Waals surface area (Å²) in [6, 6.07) is 3.14. The highest BCUT2D eigenvalue weighted by Gasteiger charge is 2.34. The van der Waals surface area contributed by atoms with Gasteiger partial charge >= 0.3 is 0 Å². The molecule has 3 aliphatic rings. The number of likely N-dealkylation sites (N-methyl/N-ethyl adjacent to an activating group) is 1. The summed E-state index contributed by atoms with van der Waals surface area (Å²) in [7, 11) is 2.27. The van der Waals surface area contributed by atoms with Crippen LogP contribution in [0.1, 0.15) is 46.0 Å². The van der Waals surface area contributed by atoms with Gasteiger partial charge in [0.2, 0.25) is 0 Å². The molecule has 19 heavy (non-hydrogen) atoms. The van der Waals surface area contributed by atoms with Gasteiger partial charge in [-0.25, -0.2) is 0 Å². The van der Waals surface area contributed by atoms with Crippen molar-refractivity contribution < 1.29 is 0 Å². The third-order valence-corrected chi connectivity index (χ3v) is 5.86. The fourth-order valence-electron chi connectivity index (χ4n) is 4.47. The normalized spacial score (nSPS) is 44.7. The van der Waals surface area contributed by atoms with E-state index >= 15 is 0 Å². The summed E-state index contributed by atoms with van der Waals surface area (Å²) < 4.78 is 0. The molecule has 0 aliphatic carbocycles. The van der Waals surface area contributed by atoms with E-state index in [1.54, 1.807) is 0 Å². The average molecular weight is 265 g/mol. The second-order valence-corrected chi connectivity index (χ2v) is 7.39. The highest BCUT2D eigenvalue weighted by Crippen LogP contribution is 2.32. The van der Waals surface area contributed by atoms with Crippen molar-refractivity contribution in [3.8, 4) is 0 Å². The number of hydrogen-bond donors (Lipinski definition) is 1. The molecule has 0 spiro atoms. The lowest BCUT2D eigenvalue weighted by atomic mass is 9.89. The Morgan fingerprint density at radius 2 is 1.58 bits per heavy atom. The van der Waals surface area contributed by atoms with Gasteiger partial charge in [-0.3, -0.25) is 4.90 Å². The Morgan fingerprint density at radius 1 is 1.00 bits per heavy atom. The van der Waals surface area contributed by atoms with Crippen molar-refractivity contribution in [3.63, 3.8) is 0 Å². The zero-order valence-electron chi connectivity index (χ0n) is 12.9. The monoisotopic (exact) mass is 265 g/mol. The summed E-state index contributed by atoms with van der Waals surface area (Å²) in [5.74, 6) is 0.990. The van der Waals surface area contributed by atoms with Gasteiger partial charge in [-0.05, 0) is 65.5 Å². The first-order chi connectivity index (χ1) is 9.11. The lowest BCUT2D eigenvalue weighted by Gasteiger charge is -2.43. The van der Waals surface area contributed by atoms with E-state index in [9.17, 15) is 0 Å². The molecule has 4 unspecified atom stereocenters. The van der Waals surface area contributed by atoms with Crippen LogP contribution in [0.5, 0.6) is 0 Å². The van der Waals surface area contributed by atoms with E-state index in [0.717, 1.165) is 18.0 Å². The third kappa shape index (κ3) is 3.14. The van der Waals surface area contributed by atoms with Gasteiger partial charge in [0.1, 0.15) is 0 Å². The topological polar surface area (TPSA) is 18.5 Å². The highest BCUT2D eigenvalue weighted by atomic mass is 15.3. The molecule has 3 fully saturated rings. The van der Waals surface area contributed by atoms with Gasteiger partial charge in [0.15, 0.2) is 0 Å². The minimum Gasteiger partial charge on any atom is -0.311 e. The summed E-state index contributed by atoms with van der Waals surface area (Å²) in [4.78, 5) is 5.24. The van der Waals surface area contributed by atoms with E-state index in [-0.39, 0.29) is 0 Å². The molecule has 3 heteroatoms. The van der Waals surface area contributed by atoms with Gasteiger partial charge in [-0.2, -0.15) is 0 Å². The minimum absolute atomic E-state index is 0.716. The Labute approximate surface area is 118 Å². The molecule has 0 aromatic heterocycles. The summed E-state index contributed by atoms with van der Waals surface area (Å²) >= 11 is 0. The van der Waals surface area contributed by atoms with E-state index in [1.165, 1.54) is 51.7 Å². The lowest BCUT2D eigenvalue weighted by Crippen LogP contribution is -2.55. The summed E-state index contributed by atoms with van der Waals surface area (Å²) in [6.07, 6.45) is 7.18. The quantitative estimate of drug-likeness (QED) is 0.841. The van der Waals surface area contributed by atoms with Crippen LogP contribution in [0.3, 0.4) is 0 Å². The van der Waals surface area contributed by atoms with Gasteiger partial charge in [-0.15, -0.1) is 0 Å². The Hall–Kier alpha value is -0.120. The van der Waals surface area contributed by atoms with E-state index in [2.05, 4.69) is 36.0 Å². The Kier molecular flexibility index (Phi) is 4.16. The molecular formula is C16H31N3. The number of rotatable bonds is 3. The number of hydrogen-bond acceptors (Lipinski definition) is 3. The SMILES string of the molecule is CC1CN(CCC2CC3CCC(C2)N3)CC(C)N1C. The molecule has 0 amide bonds. The first kappa shape index (κ1) is 13.8. The third-order valence-electron chi connectivity index (χ3n) is 5.86. The fourth-order valence-corrected chi connectivity index (χ4v) is 4.47. The van der Waals surface area contributed by atoms with Crippen LogP contribution in [0.25, 0.3) is 0 Å². The van der Waals surface area contributed by atoms with Gasteiger partial charge in [0.05, 0.1) is 0 Å². The van der Waals surface area contributed by atoms with Crippen LogP contribution in [0, 0.1) is 5.92 Å². The second-order valence-electron chi connectivity index (χ2n) is 7.39. The Bertz CT molecular complexity index is 282. The molecule has 0 aromatic rings. The number of nitrogens with one attached hydrogen (secondary N) is 1. The van der Waals surface area contributed by atoms with Crippen molar-refractivity contribution in [2.45, 2.75) is 70.1 Å². The molecular weight excluding hydrogens is 234 g/mol. The fraction of sp³-hybridized carbons (Fsp3) is 1.00. The highest BCUT2D eigenvalue weighted by molar-refractivity contribution is 4.92. The van der Waals surface area contributed by atoms with Crippen LogP contribution < -0.4 is 5.32 Å². The van der Waals surface area contributed by atoms with Gasteiger partial charge in [0, 0.05) is 37.3 Å². The molecule has 4 atom stereocenters. The van der Waals surface area contributed by atoms with Crippen LogP contribution >= 0.6 is 0 Å². The van der Waals surface area contributed by atoms with Crippen molar-refractivity contribution in [1.29, 1.82) is 0 Å². The number of nitrogens with zero attached hydrogens (tertiary/aromatic N) is 2. The van der Waals surface area contributed by atoms with Crippen molar-refractivity contribution >= 4 is 0 Å². The van der Waals surface area contributed by atoms with Crippen LogP contribution in [0.2, 0.25) is 0 Å². The molecule has 2 bridgehead atoms. The first-order valence-electron chi connectivity index (χ1n) is 8.32. The van der Waals surface area contributed by atoms with E-state index in [1.807, 2.05) is 0 Å². The molecule has 3 heterocycles. The summed E-state index contributed by atoms with van der Waals surface area (Å²) in [6.45, 7) is 8.59. The second kappa shape index (κ2) is 5.71. The maximum Gasteiger partial charge on any atom is 0.0195 e. The maximum atomic E-state index is 3.76. The van der Waals surface area contributed by atoms with Gasteiger partial charge < -0.3 is 10.2 Å². The van der Waals surface area contributed by atoms with Crippen LogP contribution in [-0.2, 0) is 0 Å². The van der Waals surface area contributed by atoms with E-state index in [4.69, 9.17) is 0 Å². The molecule has 3 aliphatic heterocycles. The molecule has 0 saturated carbocycles. The standard InChI is InChI=1S/C16H31N3/c1-12-10-19(11-13(2)18(12)3)7-6-14-8-15-4-5-16(9-14)17-15/h12-17H,4-11H2,1-3H3. The predicted molar refractivity (Wildman–Crippen MR) is 80.4 cm³/mol. The predicted octanol–water partition coefficient (Wildman–Crippen LogP) is 1.93. The number of piperazine rings is 1. The van der Waals surface area contributed by atoms with Crippen molar-refractivity contribution in [2.75, 3.05) is 26.7 Å². The maximum absolute atomic E-state index is 3.76. The molecule has 0 radical (unpaired) electrons.